The van der Waals surface area contributed by atoms with Gasteiger partial charge in [-0.05, 0) is 11.1 Å². The summed E-state index contributed by atoms with van der Waals surface area (Å²) in [5, 5.41) is 10.9. The zero-order valence-electron chi connectivity index (χ0n) is 18.0. The van der Waals surface area contributed by atoms with E-state index in [1.54, 1.807) is 7.11 Å². The highest BCUT2D eigenvalue weighted by molar-refractivity contribution is 5.15. The Morgan fingerprint density at radius 2 is 1.55 bits per heavy atom. The molecule has 168 valence electrons. The molecule has 2 aromatic rings. The van der Waals surface area contributed by atoms with Gasteiger partial charge in [0, 0.05) is 25.4 Å². The number of fused-ring (bicyclic) bond motifs is 1. The summed E-state index contributed by atoms with van der Waals surface area (Å²) in [5.74, 6) is -0.180. The van der Waals surface area contributed by atoms with Crippen LogP contribution in [-0.2, 0) is 36.9 Å². The molecule has 0 bridgehead atoms. The first-order chi connectivity index (χ1) is 15.2. The van der Waals surface area contributed by atoms with Crippen molar-refractivity contribution in [3.05, 3.63) is 71.8 Å². The lowest BCUT2D eigenvalue weighted by atomic mass is 9.64. The molecule has 1 N–H and O–H groups in total. The van der Waals surface area contributed by atoms with Crippen LogP contribution in [0, 0.1) is 11.8 Å². The van der Waals surface area contributed by atoms with Gasteiger partial charge in [-0.25, -0.2) is 0 Å². The molecule has 2 aromatic carbocycles. The van der Waals surface area contributed by atoms with E-state index in [1.165, 1.54) is 0 Å². The summed E-state index contributed by atoms with van der Waals surface area (Å²) in [6.07, 6.45) is -0.169. The molecule has 2 aliphatic rings. The number of benzene rings is 2. The van der Waals surface area contributed by atoms with Crippen molar-refractivity contribution < 1.29 is 28.8 Å². The van der Waals surface area contributed by atoms with Crippen LogP contribution in [0.2, 0.25) is 0 Å². The number of aliphatic hydroxyl groups is 1. The van der Waals surface area contributed by atoms with Crippen LogP contribution in [0.5, 0.6) is 0 Å². The number of aliphatic hydroxyl groups excluding tert-OH is 1. The highest BCUT2D eigenvalue weighted by atomic mass is 16.7. The van der Waals surface area contributed by atoms with Gasteiger partial charge in [0.2, 0.25) is 0 Å². The molecule has 0 unspecified atom stereocenters. The van der Waals surface area contributed by atoms with Gasteiger partial charge in [-0.1, -0.05) is 60.7 Å². The van der Waals surface area contributed by atoms with Crippen LogP contribution in [0.4, 0.5) is 0 Å². The Kier molecular flexibility index (Phi) is 7.72. The van der Waals surface area contributed by atoms with Crippen LogP contribution in [0.1, 0.15) is 17.5 Å². The van der Waals surface area contributed by atoms with Gasteiger partial charge in [0.1, 0.15) is 12.4 Å². The normalized spacial score (nSPS) is 29.9. The van der Waals surface area contributed by atoms with Crippen LogP contribution in [0.25, 0.3) is 0 Å². The average Bonchev–Trinajstić information content (AvgIpc) is 2.79. The Balaban J connectivity index is 1.44. The number of ether oxygens (including phenoxy) is 5. The Morgan fingerprint density at radius 1 is 0.935 bits per heavy atom. The van der Waals surface area contributed by atoms with E-state index in [-0.39, 0.29) is 24.7 Å². The standard InChI is InChI=1S/C25H32O6/c1-27-18-31-25-17-30-24(25)12-23(26)21(15-28-13-19-8-4-2-5-9-19)22(25)16-29-14-20-10-6-3-7-11-20/h2-11,21-24,26H,12-18H2,1H3/t21-,22+,23-,24+,25+/m0/s1. The largest absolute Gasteiger partial charge is 0.393 e. The monoisotopic (exact) mass is 428 g/mol. The van der Waals surface area contributed by atoms with Crippen molar-refractivity contribution in [1.82, 2.24) is 0 Å². The van der Waals surface area contributed by atoms with Gasteiger partial charge in [-0.3, -0.25) is 0 Å². The van der Waals surface area contributed by atoms with E-state index in [4.69, 9.17) is 23.7 Å². The SMILES string of the molecule is COCO[C@@]12CO[C@@H]1C[C@H](O)[C@@H](COCc1ccccc1)[C@H]2COCc1ccccc1. The molecule has 0 amide bonds. The van der Waals surface area contributed by atoms with Gasteiger partial charge in [0.05, 0.1) is 45.2 Å². The van der Waals surface area contributed by atoms with E-state index in [9.17, 15) is 5.11 Å². The number of methoxy groups -OCH3 is 1. The zero-order chi connectivity index (χ0) is 21.5. The quantitative estimate of drug-likeness (QED) is 0.555. The molecule has 6 heteroatoms. The maximum absolute atomic E-state index is 10.9. The van der Waals surface area contributed by atoms with E-state index in [2.05, 4.69) is 0 Å². The Bertz CT molecular complexity index is 785. The summed E-state index contributed by atoms with van der Waals surface area (Å²) in [5.41, 5.74) is 1.70. The van der Waals surface area contributed by atoms with Crippen LogP contribution in [0.3, 0.4) is 0 Å². The predicted molar refractivity (Wildman–Crippen MR) is 115 cm³/mol. The third kappa shape index (κ3) is 5.17. The van der Waals surface area contributed by atoms with Gasteiger partial charge in [0.25, 0.3) is 0 Å². The lowest BCUT2D eigenvalue weighted by Gasteiger charge is -2.59. The minimum atomic E-state index is -0.536. The van der Waals surface area contributed by atoms with Gasteiger partial charge < -0.3 is 28.8 Å². The summed E-state index contributed by atoms with van der Waals surface area (Å²) in [7, 11) is 1.62. The molecule has 0 radical (unpaired) electrons. The third-order valence-electron chi connectivity index (χ3n) is 6.43. The molecule has 1 aliphatic carbocycles. The number of hydrogen-bond donors (Lipinski definition) is 1. The minimum Gasteiger partial charge on any atom is -0.393 e. The van der Waals surface area contributed by atoms with Gasteiger partial charge in [0.15, 0.2) is 0 Å². The summed E-state index contributed by atoms with van der Waals surface area (Å²) in [6, 6.07) is 20.1. The van der Waals surface area contributed by atoms with Crippen LogP contribution >= 0.6 is 0 Å². The van der Waals surface area contributed by atoms with Crippen molar-refractivity contribution >= 4 is 0 Å². The molecule has 31 heavy (non-hydrogen) atoms. The first kappa shape index (κ1) is 22.4. The minimum absolute atomic E-state index is 0.0652. The molecule has 1 heterocycles. The fourth-order valence-electron chi connectivity index (χ4n) is 4.67. The molecule has 4 rings (SSSR count). The van der Waals surface area contributed by atoms with Crippen molar-refractivity contribution in [3.63, 3.8) is 0 Å². The third-order valence-corrected chi connectivity index (χ3v) is 6.43. The molecule has 2 fully saturated rings. The fourth-order valence-corrected chi connectivity index (χ4v) is 4.67. The van der Waals surface area contributed by atoms with E-state index in [0.29, 0.717) is 39.5 Å². The zero-order valence-corrected chi connectivity index (χ0v) is 18.0. The van der Waals surface area contributed by atoms with Crippen molar-refractivity contribution in [3.8, 4) is 0 Å². The second-order valence-electron chi connectivity index (χ2n) is 8.38. The second-order valence-corrected chi connectivity index (χ2v) is 8.38. The molecule has 0 aromatic heterocycles. The highest BCUT2D eigenvalue weighted by Gasteiger charge is 2.62. The maximum Gasteiger partial charge on any atom is 0.147 e. The van der Waals surface area contributed by atoms with Crippen LogP contribution < -0.4 is 0 Å². The fraction of sp³-hybridized carbons (Fsp3) is 0.520. The Labute approximate surface area is 184 Å². The van der Waals surface area contributed by atoms with Crippen LogP contribution in [0.15, 0.2) is 60.7 Å². The van der Waals surface area contributed by atoms with Crippen molar-refractivity contribution in [1.29, 1.82) is 0 Å². The topological polar surface area (TPSA) is 66.4 Å². The molecule has 0 spiro atoms. The molecule has 1 aliphatic heterocycles. The van der Waals surface area contributed by atoms with Crippen molar-refractivity contribution in [2.75, 3.05) is 33.7 Å². The summed E-state index contributed by atoms with van der Waals surface area (Å²) >= 11 is 0. The van der Waals surface area contributed by atoms with E-state index in [1.807, 2.05) is 60.7 Å². The number of rotatable bonds is 11. The Morgan fingerprint density at radius 3 is 2.10 bits per heavy atom. The lowest BCUT2D eigenvalue weighted by Crippen LogP contribution is -2.72. The van der Waals surface area contributed by atoms with E-state index < -0.39 is 11.7 Å². The average molecular weight is 429 g/mol. The molecule has 1 saturated carbocycles. The number of hydrogen-bond acceptors (Lipinski definition) is 6. The van der Waals surface area contributed by atoms with Crippen molar-refractivity contribution in [2.45, 2.75) is 37.4 Å². The molecular weight excluding hydrogens is 396 g/mol. The molecule has 1 saturated heterocycles. The lowest BCUT2D eigenvalue weighted by molar-refractivity contribution is -0.343. The molecule has 6 nitrogen and oxygen atoms in total. The second kappa shape index (κ2) is 10.7. The van der Waals surface area contributed by atoms with Gasteiger partial charge in [-0.15, -0.1) is 0 Å². The van der Waals surface area contributed by atoms with E-state index in [0.717, 1.165) is 11.1 Å². The first-order valence-electron chi connectivity index (χ1n) is 10.9. The smallest absolute Gasteiger partial charge is 0.147 e. The molecule has 5 atom stereocenters. The van der Waals surface area contributed by atoms with Gasteiger partial charge in [-0.2, -0.15) is 0 Å². The first-order valence-corrected chi connectivity index (χ1v) is 10.9. The predicted octanol–water partition coefficient (Wildman–Crippen LogP) is 3.18. The summed E-state index contributed by atoms with van der Waals surface area (Å²) in [6.45, 7) is 2.56. The maximum atomic E-state index is 10.9. The summed E-state index contributed by atoms with van der Waals surface area (Å²) in [4.78, 5) is 0. The molecular formula is C25H32O6. The van der Waals surface area contributed by atoms with Crippen LogP contribution in [-0.4, -0.2) is 56.6 Å². The van der Waals surface area contributed by atoms with Gasteiger partial charge >= 0.3 is 0 Å². The van der Waals surface area contributed by atoms with E-state index >= 15 is 0 Å². The highest BCUT2D eigenvalue weighted by Crippen LogP contribution is 2.48. The van der Waals surface area contributed by atoms with Crippen molar-refractivity contribution in [2.24, 2.45) is 11.8 Å². The summed E-state index contributed by atoms with van der Waals surface area (Å²) < 4.78 is 29.3. The Hall–Kier alpha value is -1.80.